The number of aromatic amines is 1. The number of para-hydroxylation sites is 1. The average Bonchev–Trinajstić information content (AvgIpc) is 2.80. The van der Waals surface area contributed by atoms with Crippen molar-refractivity contribution in [2.45, 2.75) is 0 Å². The van der Waals surface area contributed by atoms with Crippen molar-refractivity contribution >= 4 is 11.5 Å². The van der Waals surface area contributed by atoms with Crippen LogP contribution in [0.25, 0.3) is 11.4 Å². The third-order valence-electron chi connectivity index (χ3n) is 2.28. The summed E-state index contributed by atoms with van der Waals surface area (Å²) < 4.78 is 0. The van der Waals surface area contributed by atoms with E-state index in [9.17, 15) is 0 Å². The van der Waals surface area contributed by atoms with Gasteiger partial charge in [-0.15, -0.1) is 5.10 Å². The molecular weight excluding hydrogens is 202 g/mol. The zero-order valence-corrected chi connectivity index (χ0v) is 8.38. The van der Waals surface area contributed by atoms with E-state index in [0.29, 0.717) is 5.82 Å². The number of benzene rings is 1. The van der Waals surface area contributed by atoms with Crippen molar-refractivity contribution in [1.29, 1.82) is 0 Å². The van der Waals surface area contributed by atoms with Gasteiger partial charge in [-0.05, 0) is 18.2 Å². The summed E-state index contributed by atoms with van der Waals surface area (Å²) in [4.78, 5) is 4.22. The van der Waals surface area contributed by atoms with Gasteiger partial charge in [0.2, 0.25) is 0 Å². The van der Waals surface area contributed by atoms with Crippen LogP contribution in [-0.4, -0.2) is 20.4 Å². The summed E-state index contributed by atoms with van der Waals surface area (Å²) >= 11 is 0. The van der Waals surface area contributed by atoms with Crippen molar-refractivity contribution < 1.29 is 0 Å². The lowest BCUT2D eigenvalue weighted by molar-refractivity contribution is 0.873. The van der Waals surface area contributed by atoms with E-state index in [1.807, 2.05) is 36.4 Å². The second-order valence-corrected chi connectivity index (χ2v) is 3.36. The maximum Gasteiger partial charge on any atom is 0.182 e. The van der Waals surface area contributed by atoms with Crippen LogP contribution >= 0.6 is 0 Å². The molecule has 2 aliphatic heterocycles. The second-order valence-electron chi connectivity index (χ2n) is 3.36. The second kappa shape index (κ2) is 3.62. The topological polar surface area (TPSA) is 66.5 Å². The molecule has 3 rings (SSSR count). The van der Waals surface area contributed by atoms with E-state index in [0.717, 1.165) is 17.1 Å². The fraction of sp³-hybridized carbons (Fsp3) is 0. The summed E-state index contributed by atoms with van der Waals surface area (Å²) in [6.45, 7) is 0. The Kier molecular flexibility index (Phi) is 2.00. The molecule has 0 spiro atoms. The van der Waals surface area contributed by atoms with E-state index >= 15 is 0 Å². The van der Waals surface area contributed by atoms with E-state index in [1.54, 1.807) is 6.20 Å². The number of anilines is 2. The molecule has 5 nitrogen and oxygen atoms in total. The van der Waals surface area contributed by atoms with Crippen LogP contribution in [0.1, 0.15) is 0 Å². The van der Waals surface area contributed by atoms with Crippen LogP contribution in [0.3, 0.4) is 0 Å². The molecule has 2 aliphatic rings. The van der Waals surface area contributed by atoms with Gasteiger partial charge in [0.05, 0.1) is 5.69 Å². The summed E-state index contributed by atoms with van der Waals surface area (Å²) in [6, 6.07) is 11.7. The normalized spacial score (nSPS) is 10.5. The molecule has 0 saturated heterocycles. The molecule has 0 fully saturated rings. The van der Waals surface area contributed by atoms with Gasteiger partial charge in [-0.25, -0.2) is 0 Å². The quantitative estimate of drug-likeness (QED) is 0.680. The molecule has 2 N–H and O–H groups in total. The van der Waals surface area contributed by atoms with Crippen LogP contribution in [-0.2, 0) is 0 Å². The Bertz CT molecular complexity index is 560. The predicted octanol–water partition coefficient (Wildman–Crippen LogP) is 2.05. The van der Waals surface area contributed by atoms with Crippen LogP contribution < -0.4 is 5.32 Å². The summed E-state index contributed by atoms with van der Waals surface area (Å²) in [6.07, 6.45) is 1.72. The highest BCUT2D eigenvalue weighted by Gasteiger charge is 2.11. The van der Waals surface area contributed by atoms with Crippen molar-refractivity contribution in [1.82, 2.24) is 20.4 Å². The fourth-order valence-corrected chi connectivity index (χ4v) is 1.53. The Balaban J connectivity index is 1.99. The van der Waals surface area contributed by atoms with Crippen molar-refractivity contribution in [3.05, 3.63) is 42.6 Å². The third-order valence-corrected chi connectivity index (χ3v) is 2.28. The number of fused-ring (bicyclic) bond motifs is 1. The van der Waals surface area contributed by atoms with Gasteiger partial charge < -0.3 is 5.32 Å². The van der Waals surface area contributed by atoms with E-state index in [4.69, 9.17) is 0 Å². The smallest absolute Gasteiger partial charge is 0.182 e. The zero-order chi connectivity index (χ0) is 10.8. The molecule has 0 radical (unpaired) electrons. The van der Waals surface area contributed by atoms with E-state index < -0.39 is 0 Å². The fourth-order valence-electron chi connectivity index (χ4n) is 1.53. The van der Waals surface area contributed by atoms with E-state index in [-0.39, 0.29) is 0 Å². The van der Waals surface area contributed by atoms with Crippen molar-refractivity contribution in [2.75, 3.05) is 5.32 Å². The van der Waals surface area contributed by atoms with Crippen LogP contribution in [0.15, 0.2) is 42.6 Å². The standard InChI is InChI=1S/C11H9N5/c1-2-4-8(5-3-1)13-11-10-9(6-7-12-10)14-16-15-11/h1-7,13H,(H,14,15). The predicted molar refractivity (Wildman–Crippen MR) is 60.5 cm³/mol. The Morgan fingerprint density at radius 2 is 1.94 bits per heavy atom. The number of hydrogen-bond donors (Lipinski definition) is 2. The minimum atomic E-state index is 0.657. The van der Waals surface area contributed by atoms with Gasteiger partial charge in [-0.3, -0.25) is 10.1 Å². The van der Waals surface area contributed by atoms with Gasteiger partial charge in [0.1, 0.15) is 5.69 Å². The molecular formula is C11H9N5. The van der Waals surface area contributed by atoms with Crippen molar-refractivity contribution in [3.8, 4) is 11.4 Å². The van der Waals surface area contributed by atoms with Gasteiger partial charge in [0, 0.05) is 11.9 Å². The molecule has 0 atom stereocenters. The molecule has 5 heteroatoms. The summed E-state index contributed by atoms with van der Waals surface area (Å²) in [5, 5.41) is 13.8. The molecule has 0 bridgehead atoms. The number of aromatic nitrogens is 4. The molecule has 78 valence electrons. The summed E-state index contributed by atoms with van der Waals surface area (Å²) in [7, 11) is 0. The van der Waals surface area contributed by atoms with E-state index in [1.165, 1.54) is 0 Å². The minimum Gasteiger partial charge on any atom is -0.337 e. The number of nitrogens with one attached hydrogen (secondary N) is 2. The molecule has 2 heterocycles. The van der Waals surface area contributed by atoms with Crippen LogP contribution in [0.4, 0.5) is 11.5 Å². The first-order chi connectivity index (χ1) is 7.93. The lowest BCUT2D eigenvalue weighted by Crippen LogP contribution is -2.01. The zero-order valence-electron chi connectivity index (χ0n) is 8.38. The highest BCUT2D eigenvalue weighted by Crippen LogP contribution is 2.25. The lowest BCUT2D eigenvalue weighted by atomic mass is 10.3. The molecule has 1 aromatic rings. The summed E-state index contributed by atoms with van der Waals surface area (Å²) in [5.41, 5.74) is 2.62. The summed E-state index contributed by atoms with van der Waals surface area (Å²) in [5.74, 6) is 0.657. The molecule has 0 aliphatic carbocycles. The Morgan fingerprint density at radius 3 is 2.81 bits per heavy atom. The first kappa shape index (κ1) is 8.84. The van der Waals surface area contributed by atoms with Crippen LogP contribution in [0, 0.1) is 0 Å². The lowest BCUT2D eigenvalue weighted by Gasteiger charge is -2.07. The maximum atomic E-state index is 4.22. The Hall–Kier alpha value is -2.43. The first-order valence-corrected chi connectivity index (χ1v) is 4.91. The van der Waals surface area contributed by atoms with E-state index in [2.05, 4.69) is 25.7 Å². The van der Waals surface area contributed by atoms with Crippen LogP contribution in [0.2, 0.25) is 0 Å². The molecule has 0 saturated carbocycles. The highest BCUT2D eigenvalue weighted by atomic mass is 15.3. The molecule has 16 heavy (non-hydrogen) atoms. The average molecular weight is 211 g/mol. The van der Waals surface area contributed by atoms with Gasteiger partial charge in [-0.2, -0.15) is 0 Å². The molecule has 0 aromatic heterocycles. The monoisotopic (exact) mass is 211 g/mol. The van der Waals surface area contributed by atoms with Crippen molar-refractivity contribution in [2.24, 2.45) is 0 Å². The number of rotatable bonds is 2. The Labute approximate surface area is 91.9 Å². The Morgan fingerprint density at radius 1 is 1.06 bits per heavy atom. The van der Waals surface area contributed by atoms with Gasteiger partial charge in [0.25, 0.3) is 0 Å². The number of H-pyrrole nitrogens is 1. The minimum absolute atomic E-state index is 0.657. The number of hydrogen-bond acceptors (Lipinski definition) is 4. The molecule has 0 unspecified atom stereocenters. The van der Waals surface area contributed by atoms with Crippen LogP contribution in [0.5, 0.6) is 0 Å². The van der Waals surface area contributed by atoms with Crippen molar-refractivity contribution in [3.63, 3.8) is 0 Å². The maximum absolute atomic E-state index is 4.22. The number of nitrogens with zero attached hydrogens (tertiary/aromatic N) is 3. The van der Waals surface area contributed by atoms with Gasteiger partial charge in [0.15, 0.2) is 5.82 Å². The first-order valence-electron chi connectivity index (χ1n) is 4.91. The largest absolute Gasteiger partial charge is 0.337 e. The third kappa shape index (κ3) is 1.48. The highest BCUT2D eigenvalue weighted by molar-refractivity contribution is 5.73. The van der Waals surface area contributed by atoms with Gasteiger partial charge >= 0.3 is 0 Å². The van der Waals surface area contributed by atoms with Gasteiger partial charge in [-0.1, -0.05) is 23.4 Å². The SMILES string of the molecule is c1ccc(Nc2nn[nH]c3ccnc2-3)cc1. The molecule has 1 aromatic carbocycles. The molecule has 0 amide bonds.